The molecule has 1 amide bonds. The summed E-state index contributed by atoms with van der Waals surface area (Å²) in [5.41, 5.74) is 1.73. The zero-order valence-corrected chi connectivity index (χ0v) is 14.3. The number of rotatable bonds is 4. The summed E-state index contributed by atoms with van der Waals surface area (Å²) < 4.78 is 24.6. The fourth-order valence-electron chi connectivity index (χ4n) is 3.23. The molecule has 0 saturated carbocycles. The molecule has 0 bridgehead atoms. The van der Waals surface area contributed by atoms with Crippen LogP contribution in [0.4, 0.5) is 0 Å². The average Bonchev–Trinajstić information content (AvgIpc) is 2.87. The van der Waals surface area contributed by atoms with E-state index in [9.17, 15) is 13.2 Å². The molecule has 0 spiro atoms. The number of carbonyl (C=O) groups is 1. The van der Waals surface area contributed by atoms with E-state index in [-0.39, 0.29) is 5.92 Å². The number of hydrogen-bond donors (Lipinski definition) is 1. The third-order valence-corrected chi connectivity index (χ3v) is 5.11. The van der Waals surface area contributed by atoms with E-state index in [1.807, 2.05) is 24.8 Å². The molecule has 2 aliphatic heterocycles. The van der Waals surface area contributed by atoms with Gasteiger partial charge in [0.1, 0.15) is 11.4 Å². The highest BCUT2D eigenvalue weighted by molar-refractivity contribution is 7.89. The molecule has 122 valence electrons. The Balaban J connectivity index is 2.33. The van der Waals surface area contributed by atoms with Crippen molar-refractivity contribution in [1.82, 2.24) is 9.62 Å². The van der Waals surface area contributed by atoms with Gasteiger partial charge in [0, 0.05) is 18.7 Å². The van der Waals surface area contributed by atoms with E-state index >= 15 is 0 Å². The Morgan fingerprint density at radius 1 is 1.55 bits per heavy atom. The van der Waals surface area contributed by atoms with E-state index in [4.69, 9.17) is 4.99 Å². The quantitative estimate of drug-likeness (QED) is 0.793. The summed E-state index contributed by atoms with van der Waals surface area (Å²) >= 11 is 0. The van der Waals surface area contributed by atoms with Gasteiger partial charge in [-0.05, 0) is 25.8 Å². The fourth-order valence-corrected chi connectivity index (χ4v) is 3.77. The molecule has 1 saturated heterocycles. The van der Waals surface area contributed by atoms with Gasteiger partial charge in [-0.3, -0.25) is 14.5 Å². The zero-order valence-electron chi connectivity index (χ0n) is 13.5. The van der Waals surface area contributed by atoms with Crippen LogP contribution in [0.2, 0.25) is 0 Å². The van der Waals surface area contributed by atoms with E-state index in [0.717, 1.165) is 29.8 Å². The lowest BCUT2D eigenvalue weighted by Crippen LogP contribution is -2.40. The third kappa shape index (κ3) is 2.82. The monoisotopic (exact) mass is 325 g/mol. The van der Waals surface area contributed by atoms with Gasteiger partial charge in [-0.1, -0.05) is 13.0 Å². The van der Waals surface area contributed by atoms with Gasteiger partial charge in [-0.15, -0.1) is 6.58 Å². The molecule has 2 heterocycles. The van der Waals surface area contributed by atoms with Crippen molar-refractivity contribution in [2.45, 2.75) is 39.2 Å². The van der Waals surface area contributed by atoms with E-state index in [0.29, 0.717) is 13.0 Å². The van der Waals surface area contributed by atoms with E-state index in [1.165, 1.54) is 0 Å². The largest absolute Gasteiger partial charge is 0.333 e. The van der Waals surface area contributed by atoms with Crippen LogP contribution in [0, 0.1) is 5.92 Å². The van der Waals surface area contributed by atoms with Crippen molar-refractivity contribution in [3.8, 4) is 0 Å². The van der Waals surface area contributed by atoms with E-state index in [2.05, 4.69) is 18.2 Å². The Morgan fingerprint density at radius 2 is 2.18 bits per heavy atom. The summed E-state index contributed by atoms with van der Waals surface area (Å²) in [6.07, 6.45) is 4.16. The Kier molecular flexibility index (Phi) is 4.21. The minimum absolute atomic E-state index is 0.387. The zero-order chi connectivity index (χ0) is 16.7. The lowest BCUT2D eigenvalue weighted by Gasteiger charge is -2.37. The minimum Gasteiger partial charge on any atom is -0.333 e. The number of nitrogens with one attached hydrogen (secondary N) is 1. The molecule has 1 N–H and O–H groups in total. The van der Waals surface area contributed by atoms with Gasteiger partial charge in [-0.25, -0.2) is 8.42 Å². The normalized spacial score (nSPS) is 28.3. The topological polar surface area (TPSA) is 78.8 Å². The number of hydrogen-bond acceptors (Lipinski definition) is 5. The van der Waals surface area contributed by atoms with Crippen LogP contribution >= 0.6 is 0 Å². The molecule has 0 radical (unpaired) electrons. The number of fused-ring (bicyclic) bond motifs is 1. The molecule has 1 fully saturated rings. The Morgan fingerprint density at radius 3 is 2.68 bits per heavy atom. The highest BCUT2D eigenvalue weighted by Crippen LogP contribution is 2.40. The van der Waals surface area contributed by atoms with Crippen molar-refractivity contribution in [3.05, 3.63) is 23.9 Å². The lowest BCUT2D eigenvalue weighted by atomic mass is 9.85. The van der Waals surface area contributed by atoms with Gasteiger partial charge in [0.05, 0.1) is 12.2 Å². The summed E-state index contributed by atoms with van der Waals surface area (Å²) in [6.45, 7) is 10.4. The summed E-state index contributed by atoms with van der Waals surface area (Å²) in [7, 11) is -3.53. The highest BCUT2D eigenvalue weighted by Gasteiger charge is 2.42. The molecule has 7 heteroatoms. The van der Waals surface area contributed by atoms with Crippen LogP contribution in [-0.4, -0.2) is 43.4 Å². The molecule has 0 aliphatic carbocycles. The first-order valence-electron chi connectivity index (χ1n) is 7.33. The molecule has 2 rings (SSSR count). The number of aliphatic imine (C=N–C) groups is 1. The van der Waals surface area contributed by atoms with Gasteiger partial charge in [0.25, 0.3) is 0 Å². The van der Waals surface area contributed by atoms with Gasteiger partial charge in [0.2, 0.25) is 15.9 Å². The van der Waals surface area contributed by atoms with Gasteiger partial charge >= 0.3 is 0 Å². The van der Waals surface area contributed by atoms with Gasteiger partial charge in [0.15, 0.2) is 0 Å². The first-order chi connectivity index (χ1) is 10.1. The first kappa shape index (κ1) is 16.7. The average molecular weight is 325 g/mol. The minimum atomic E-state index is -3.53. The maximum Gasteiger partial charge on any atom is 0.238 e. The summed E-state index contributed by atoms with van der Waals surface area (Å²) in [6, 6.07) is 0. The Hall–Kier alpha value is -1.63. The number of amidine groups is 1. The van der Waals surface area contributed by atoms with Crippen LogP contribution in [0.3, 0.4) is 0 Å². The van der Waals surface area contributed by atoms with Crippen molar-refractivity contribution in [2.75, 3.05) is 12.8 Å². The van der Waals surface area contributed by atoms with Crippen molar-refractivity contribution < 1.29 is 13.2 Å². The van der Waals surface area contributed by atoms with Crippen molar-refractivity contribution in [2.24, 2.45) is 10.9 Å². The maximum atomic E-state index is 12.1. The molecular formula is C15H23N3O3S. The van der Waals surface area contributed by atoms with Gasteiger partial charge < -0.3 is 4.90 Å². The Bertz CT molecular complexity index is 678. The van der Waals surface area contributed by atoms with Crippen LogP contribution in [0.15, 0.2) is 28.9 Å². The third-order valence-electron chi connectivity index (χ3n) is 4.54. The smallest absolute Gasteiger partial charge is 0.238 e. The molecule has 0 aromatic rings. The molecule has 0 aromatic carbocycles. The summed E-state index contributed by atoms with van der Waals surface area (Å²) in [4.78, 5) is 18.9. The van der Waals surface area contributed by atoms with Crippen molar-refractivity contribution >= 4 is 21.8 Å². The molecule has 6 nitrogen and oxygen atoms in total. The second kappa shape index (κ2) is 5.53. The first-order valence-corrected chi connectivity index (χ1v) is 9.22. The van der Waals surface area contributed by atoms with Crippen LogP contribution in [0.5, 0.6) is 0 Å². The van der Waals surface area contributed by atoms with Crippen LogP contribution < -0.4 is 4.72 Å². The van der Waals surface area contributed by atoms with Crippen LogP contribution in [-0.2, 0) is 14.8 Å². The molecule has 2 atom stereocenters. The predicted octanol–water partition coefficient (Wildman–Crippen LogP) is 1.42. The maximum absolute atomic E-state index is 12.1. The summed E-state index contributed by atoms with van der Waals surface area (Å²) in [5, 5.41) is 0. The SMILES string of the molecule is C=CC1(CC)N=C(C)N2C[C@H](C(=O)NS(C)(=O)=O)CC2=C1C. The second-order valence-corrected chi connectivity index (χ2v) is 7.71. The van der Waals surface area contributed by atoms with Crippen LogP contribution in [0.1, 0.15) is 33.6 Å². The number of amides is 1. The molecule has 1 unspecified atom stereocenters. The van der Waals surface area contributed by atoms with E-state index < -0.39 is 21.5 Å². The summed E-state index contributed by atoms with van der Waals surface area (Å²) in [5.74, 6) is 0.00463. The number of nitrogens with zero attached hydrogens (tertiary/aromatic N) is 2. The van der Waals surface area contributed by atoms with Crippen molar-refractivity contribution in [1.29, 1.82) is 0 Å². The fraction of sp³-hybridized carbons (Fsp3) is 0.600. The standard InChI is InChI=1S/C15H23N3O3S/c1-6-15(7-2)10(3)13-8-12(9-18(13)11(4)16-15)14(19)17-22(5,20)21/h6,12H,1,7-9H2,2-5H3,(H,17,19)/t12-,15?/m1/s1. The number of carbonyl (C=O) groups excluding carboxylic acids is 1. The molecule has 0 aromatic heterocycles. The molecule has 22 heavy (non-hydrogen) atoms. The number of allylic oxidation sites excluding steroid dienone is 1. The second-order valence-electron chi connectivity index (χ2n) is 5.96. The number of sulfonamides is 1. The van der Waals surface area contributed by atoms with Crippen molar-refractivity contribution in [3.63, 3.8) is 0 Å². The predicted molar refractivity (Wildman–Crippen MR) is 86.8 cm³/mol. The van der Waals surface area contributed by atoms with E-state index in [1.54, 1.807) is 0 Å². The Labute approximate surface area is 132 Å². The van der Waals surface area contributed by atoms with Gasteiger partial charge in [-0.2, -0.15) is 0 Å². The lowest BCUT2D eigenvalue weighted by molar-refractivity contribution is -0.122. The molecule has 2 aliphatic rings. The molecular weight excluding hydrogens is 302 g/mol. The van der Waals surface area contributed by atoms with Crippen LogP contribution in [0.25, 0.3) is 0 Å². The highest BCUT2D eigenvalue weighted by atomic mass is 32.2.